The summed E-state index contributed by atoms with van der Waals surface area (Å²) in [7, 11) is 0. The largest absolute Gasteiger partial charge is 0.423 e. The van der Waals surface area contributed by atoms with Gasteiger partial charge in [0.1, 0.15) is 6.10 Å². The van der Waals surface area contributed by atoms with Crippen molar-refractivity contribution in [2.45, 2.75) is 45.4 Å². The number of carbonyl (C=O) groups excluding carboxylic acids is 4. The van der Waals surface area contributed by atoms with Crippen LogP contribution >= 0.6 is 0 Å². The molecule has 120 valence electrons. The van der Waals surface area contributed by atoms with Crippen LogP contribution in [-0.4, -0.2) is 56.9 Å². The zero-order valence-corrected chi connectivity index (χ0v) is 11.8. The van der Waals surface area contributed by atoms with E-state index in [0.29, 0.717) is 0 Å². The van der Waals surface area contributed by atoms with E-state index < -0.39 is 41.6 Å². The Bertz CT molecular complexity index is 456. The highest BCUT2D eigenvalue weighted by Crippen LogP contribution is 2.31. The van der Waals surface area contributed by atoms with Gasteiger partial charge in [-0.2, -0.15) is 0 Å². The van der Waals surface area contributed by atoms with Crippen molar-refractivity contribution in [1.29, 1.82) is 0 Å². The number of hydrogen-bond acceptors (Lipinski definition) is 10. The molecule has 0 saturated heterocycles. The summed E-state index contributed by atoms with van der Waals surface area (Å²) in [6.45, 7) is 3.16. The van der Waals surface area contributed by atoms with Gasteiger partial charge in [-0.15, -0.1) is 0 Å². The summed E-state index contributed by atoms with van der Waals surface area (Å²) in [6, 6.07) is 0. The van der Waals surface area contributed by atoms with Gasteiger partial charge in [-0.3, -0.25) is 14.4 Å². The van der Waals surface area contributed by atoms with Gasteiger partial charge in [0.15, 0.2) is 0 Å². The first-order valence-corrected chi connectivity index (χ1v) is 5.61. The molecule has 0 saturated carbocycles. The van der Waals surface area contributed by atoms with E-state index in [0.717, 1.165) is 27.7 Å². The molecule has 3 N–H and O–H groups in total. The normalized spacial score (nSPS) is 17.7. The molecule has 0 aliphatic rings. The van der Waals surface area contributed by atoms with Crippen molar-refractivity contribution in [3.63, 3.8) is 0 Å². The van der Waals surface area contributed by atoms with Crippen molar-refractivity contribution in [2.24, 2.45) is 0 Å². The number of aliphatic hydroxyl groups is 3. The Labute approximate surface area is 119 Å². The summed E-state index contributed by atoms with van der Waals surface area (Å²) in [4.78, 5) is 44.4. The molecule has 0 spiro atoms. The minimum absolute atomic E-state index is 0.752. The summed E-state index contributed by atoms with van der Waals surface area (Å²) >= 11 is 0. The fraction of sp³-hybridized carbons (Fsp3) is 0.636. The van der Waals surface area contributed by atoms with E-state index in [1.165, 1.54) is 0 Å². The molecule has 3 unspecified atom stereocenters. The van der Waals surface area contributed by atoms with E-state index in [-0.39, 0.29) is 0 Å². The highest BCUT2D eigenvalue weighted by Gasteiger charge is 2.66. The Morgan fingerprint density at radius 2 is 1.33 bits per heavy atom. The standard InChI is InChI=1S/C11H16O10/c1-5(12)10(17,20-7(3)14)11(18,21-8(4)15)9(16)19-6(2)13/h5,12,17-18H,1-4H3. The van der Waals surface area contributed by atoms with Gasteiger partial charge in [0.05, 0.1) is 0 Å². The molecule has 0 aliphatic carbocycles. The number of aliphatic hydroxyl groups excluding tert-OH is 1. The van der Waals surface area contributed by atoms with Crippen molar-refractivity contribution in [3.8, 4) is 0 Å². The van der Waals surface area contributed by atoms with Gasteiger partial charge in [0.25, 0.3) is 0 Å². The minimum Gasteiger partial charge on any atom is -0.423 e. The summed E-state index contributed by atoms with van der Waals surface area (Å²) in [5.74, 6) is -12.7. The molecule has 10 heteroatoms. The van der Waals surface area contributed by atoms with E-state index in [9.17, 15) is 34.5 Å². The van der Waals surface area contributed by atoms with Crippen molar-refractivity contribution in [3.05, 3.63) is 0 Å². The Hall–Kier alpha value is -2.04. The van der Waals surface area contributed by atoms with E-state index in [1.54, 1.807) is 0 Å². The Balaban J connectivity index is 5.93. The second-order valence-electron chi connectivity index (χ2n) is 4.08. The van der Waals surface area contributed by atoms with Crippen LogP contribution in [0.1, 0.15) is 27.7 Å². The third kappa shape index (κ3) is 4.21. The Kier molecular flexibility index (Phi) is 5.97. The van der Waals surface area contributed by atoms with Crippen molar-refractivity contribution < 1.29 is 48.7 Å². The van der Waals surface area contributed by atoms with Gasteiger partial charge < -0.3 is 29.5 Å². The minimum atomic E-state index is -3.65. The summed E-state index contributed by atoms with van der Waals surface area (Å²) in [5.41, 5.74) is 0. The van der Waals surface area contributed by atoms with Crippen LogP contribution in [0.15, 0.2) is 0 Å². The first-order valence-electron chi connectivity index (χ1n) is 5.61. The first kappa shape index (κ1) is 19.0. The van der Waals surface area contributed by atoms with E-state index in [2.05, 4.69) is 14.2 Å². The molecule has 0 bridgehead atoms. The fourth-order valence-electron chi connectivity index (χ4n) is 1.33. The molecule has 0 aliphatic heterocycles. The van der Waals surface area contributed by atoms with Crippen LogP contribution in [0, 0.1) is 0 Å². The second kappa shape index (κ2) is 6.61. The predicted octanol–water partition coefficient (Wildman–Crippen LogP) is -2.04. The molecule has 0 fully saturated rings. The van der Waals surface area contributed by atoms with Crippen LogP contribution in [0.3, 0.4) is 0 Å². The average Bonchev–Trinajstić information content (AvgIpc) is 2.25. The van der Waals surface area contributed by atoms with Gasteiger partial charge in [-0.25, -0.2) is 4.79 Å². The Morgan fingerprint density at radius 1 is 0.905 bits per heavy atom. The molecule has 0 aromatic heterocycles. The van der Waals surface area contributed by atoms with E-state index in [1.807, 2.05) is 0 Å². The lowest BCUT2D eigenvalue weighted by molar-refractivity contribution is -0.371. The van der Waals surface area contributed by atoms with Crippen LogP contribution in [0.5, 0.6) is 0 Å². The Morgan fingerprint density at radius 3 is 1.62 bits per heavy atom. The number of ether oxygens (including phenoxy) is 3. The molecule has 0 aromatic carbocycles. The van der Waals surface area contributed by atoms with Crippen molar-refractivity contribution in [1.82, 2.24) is 0 Å². The lowest BCUT2D eigenvalue weighted by Crippen LogP contribution is -2.68. The van der Waals surface area contributed by atoms with Crippen molar-refractivity contribution >= 4 is 23.9 Å². The maximum atomic E-state index is 11.7. The summed E-state index contributed by atoms with van der Waals surface area (Å²) in [5, 5.41) is 29.6. The van der Waals surface area contributed by atoms with Gasteiger partial charge >= 0.3 is 35.5 Å². The van der Waals surface area contributed by atoms with Crippen LogP contribution in [0.4, 0.5) is 0 Å². The molecule has 3 atom stereocenters. The molecule has 0 radical (unpaired) electrons. The quantitative estimate of drug-likeness (QED) is 0.224. The number of hydrogen-bond donors (Lipinski definition) is 3. The molecule has 0 amide bonds. The van der Waals surface area contributed by atoms with E-state index in [4.69, 9.17) is 0 Å². The molecule has 10 nitrogen and oxygen atoms in total. The maximum Gasteiger partial charge on any atom is 0.394 e. The van der Waals surface area contributed by atoms with Crippen molar-refractivity contribution in [2.75, 3.05) is 0 Å². The number of esters is 4. The lowest BCUT2D eigenvalue weighted by Gasteiger charge is -2.39. The fourth-order valence-corrected chi connectivity index (χ4v) is 1.33. The van der Waals surface area contributed by atoms with Gasteiger partial charge in [-0.1, -0.05) is 0 Å². The van der Waals surface area contributed by atoms with Crippen LogP contribution in [0.2, 0.25) is 0 Å². The van der Waals surface area contributed by atoms with Gasteiger partial charge in [0, 0.05) is 20.8 Å². The molecule has 21 heavy (non-hydrogen) atoms. The smallest absolute Gasteiger partial charge is 0.394 e. The number of rotatable bonds is 5. The van der Waals surface area contributed by atoms with Crippen LogP contribution in [0.25, 0.3) is 0 Å². The molecule has 0 rings (SSSR count). The lowest BCUT2D eigenvalue weighted by atomic mass is 10.00. The highest BCUT2D eigenvalue weighted by molar-refractivity contribution is 5.91. The third-order valence-corrected chi connectivity index (χ3v) is 2.16. The maximum absolute atomic E-state index is 11.7. The topological polar surface area (TPSA) is 157 Å². The molecular formula is C11H16O10. The van der Waals surface area contributed by atoms with Crippen LogP contribution in [-0.2, 0) is 33.4 Å². The summed E-state index contributed by atoms with van der Waals surface area (Å²) < 4.78 is 12.6. The number of carbonyl (C=O) groups is 4. The zero-order valence-electron chi connectivity index (χ0n) is 11.8. The van der Waals surface area contributed by atoms with Gasteiger partial charge in [0.2, 0.25) is 0 Å². The molecular weight excluding hydrogens is 292 g/mol. The first-order chi connectivity index (χ1) is 9.36. The monoisotopic (exact) mass is 308 g/mol. The SMILES string of the molecule is CC(=O)OC(=O)C(O)(OC(C)=O)C(O)(OC(C)=O)C(C)O. The predicted molar refractivity (Wildman–Crippen MR) is 61.9 cm³/mol. The van der Waals surface area contributed by atoms with E-state index >= 15 is 0 Å². The zero-order chi connectivity index (χ0) is 17.0. The summed E-state index contributed by atoms with van der Waals surface area (Å²) in [6.07, 6.45) is -2.09. The molecule has 0 aromatic rings. The highest BCUT2D eigenvalue weighted by atomic mass is 16.8. The average molecular weight is 308 g/mol. The second-order valence-corrected chi connectivity index (χ2v) is 4.08. The third-order valence-electron chi connectivity index (χ3n) is 2.16. The van der Waals surface area contributed by atoms with Crippen LogP contribution < -0.4 is 0 Å². The molecule has 0 heterocycles. The van der Waals surface area contributed by atoms with Gasteiger partial charge in [-0.05, 0) is 6.92 Å².